The molecule has 1 aliphatic rings. The number of benzene rings is 2. The first-order valence-corrected chi connectivity index (χ1v) is 9.39. The molecular formula is C20H17FN6S. The minimum absolute atomic E-state index is 0.0542. The number of nitrogens with zero attached hydrogens (tertiary/aromatic N) is 3. The first-order chi connectivity index (χ1) is 13.7. The van der Waals surface area contributed by atoms with E-state index in [2.05, 4.69) is 26.0 Å². The molecule has 2 atom stereocenters. The van der Waals surface area contributed by atoms with Gasteiger partial charge in [0.15, 0.2) is 10.6 Å². The molecule has 1 saturated heterocycles. The predicted octanol–water partition coefficient (Wildman–Crippen LogP) is 3.90. The van der Waals surface area contributed by atoms with Gasteiger partial charge in [-0.25, -0.2) is 15.2 Å². The van der Waals surface area contributed by atoms with Crippen LogP contribution in [-0.4, -0.2) is 19.7 Å². The van der Waals surface area contributed by atoms with Crippen LogP contribution in [0.4, 0.5) is 4.39 Å². The van der Waals surface area contributed by atoms with Crippen LogP contribution >= 0.6 is 12.2 Å². The highest BCUT2D eigenvalue weighted by Crippen LogP contribution is 2.32. The molecule has 8 heteroatoms. The molecule has 3 heterocycles. The Balaban J connectivity index is 1.53. The van der Waals surface area contributed by atoms with Gasteiger partial charge in [0.05, 0.1) is 17.2 Å². The number of hydrazine groups is 1. The average Bonchev–Trinajstić information content (AvgIpc) is 3.35. The predicted molar refractivity (Wildman–Crippen MR) is 107 cm³/mol. The Labute approximate surface area is 165 Å². The van der Waals surface area contributed by atoms with E-state index in [-0.39, 0.29) is 17.9 Å². The Morgan fingerprint density at radius 1 is 1.00 bits per heavy atom. The summed E-state index contributed by atoms with van der Waals surface area (Å²) in [6, 6.07) is 16.4. The van der Waals surface area contributed by atoms with Crippen LogP contribution in [0.5, 0.6) is 0 Å². The van der Waals surface area contributed by atoms with Gasteiger partial charge < -0.3 is 0 Å². The van der Waals surface area contributed by atoms with Crippen molar-refractivity contribution in [2.24, 2.45) is 0 Å². The van der Waals surface area contributed by atoms with Crippen LogP contribution in [0.2, 0.25) is 0 Å². The number of hydrogen-bond donors (Lipinski definition) is 3. The molecule has 3 N–H and O–H groups in total. The monoisotopic (exact) mass is 392 g/mol. The zero-order valence-electron chi connectivity index (χ0n) is 14.8. The maximum absolute atomic E-state index is 13.2. The topological polar surface area (TPSA) is 70.6 Å². The maximum Gasteiger partial charge on any atom is 0.199 e. The van der Waals surface area contributed by atoms with Crippen LogP contribution < -0.4 is 10.9 Å². The fourth-order valence-electron chi connectivity index (χ4n) is 3.70. The van der Waals surface area contributed by atoms with Crippen LogP contribution in [0.3, 0.4) is 0 Å². The smallest absolute Gasteiger partial charge is 0.199 e. The molecule has 0 spiro atoms. The Hall–Kier alpha value is -2.94. The molecule has 4 aromatic rings. The number of aromatic amines is 1. The number of nitrogens with one attached hydrogen (secondary N) is 3. The molecule has 5 rings (SSSR count). The van der Waals surface area contributed by atoms with Crippen LogP contribution in [0, 0.1) is 10.6 Å². The normalized spacial score (nSPS) is 19.3. The Bertz CT molecular complexity index is 1190. The van der Waals surface area contributed by atoms with Crippen molar-refractivity contribution in [1.29, 1.82) is 0 Å². The highest BCUT2D eigenvalue weighted by molar-refractivity contribution is 7.71. The van der Waals surface area contributed by atoms with Gasteiger partial charge in [-0.2, -0.15) is 5.10 Å². The fraction of sp³-hybridized carbons (Fsp3) is 0.150. The van der Waals surface area contributed by atoms with Gasteiger partial charge in [-0.15, -0.1) is 0 Å². The van der Waals surface area contributed by atoms with Gasteiger partial charge >= 0.3 is 0 Å². The lowest BCUT2D eigenvalue weighted by molar-refractivity contribution is 0.534. The Kier molecular flexibility index (Phi) is 4.23. The minimum atomic E-state index is -0.239. The summed E-state index contributed by atoms with van der Waals surface area (Å²) in [6.45, 7) is 0. The standard InChI is InChI=1S/C20H17FN6S/c21-13-8-6-12(7-9-13)16-11-17(24-23-16)19-25-26-20(28)27(19)18-5-1-4-15-14(18)3-2-10-22-15/h1-10,16-17,23-24H,11H2,(H,26,28). The SMILES string of the molecule is Fc1ccc(C2CC(c3n[nH]c(=S)n3-c3cccc4ncccc34)NN2)cc1. The molecule has 0 aliphatic carbocycles. The van der Waals surface area contributed by atoms with Gasteiger partial charge in [0.25, 0.3) is 0 Å². The summed E-state index contributed by atoms with van der Waals surface area (Å²) < 4.78 is 15.7. The molecule has 0 saturated carbocycles. The van der Waals surface area contributed by atoms with E-state index in [0.29, 0.717) is 4.77 Å². The molecule has 0 amide bonds. The zero-order valence-corrected chi connectivity index (χ0v) is 15.6. The van der Waals surface area contributed by atoms with Gasteiger partial charge in [-0.3, -0.25) is 14.6 Å². The third-order valence-electron chi connectivity index (χ3n) is 5.05. The summed E-state index contributed by atoms with van der Waals surface area (Å²) in [5.41, 5.74) is 9.43. The molecule has 2 unspecified atom stereocenters. The lowest BCUT2D eigenvalue weighted by Gasteiger charge is -2.13. The van der Waals surface area contributed by atoms with Crippen LogP contribution in [0.1, 0.15) is 29.9 Å². The third-order valence-corrected chi connectivity index (χ3v) is 5.32. The Morgan fingerprint density at radius 2 is 1.82 bits per heavy atom. The molecule has 1 fully saturated rings. The highest BCUT2D eigenvalue weighted by Gasteiger charge is 2.30. The van der Waals surface area contributed by atoms with E-state index in [1.807, 2.05) is 34.9 Å². The van der Waals surface area contributed by atoms with E-state index in [4.69, 9.17) is 12.2 Å². The number of rotatable bonds is 3. The molecule has 2 aromatic carbocycles. The number of fused-ring (bicyclic) bond motifs is 1. The first-order valence-electron chi connectivity index (χ1n) is 8.98. The van der Waals surface area contributed by atoms with Gasteiger partial charge in [-0.05, 0) is 60.6 Å². The highest BCUT2D eigenvalue weighted by atomic mass is 32.1. The maximum atomic E-state index is 13.2. The first kappa shape index (κ1) is 17.2. The van der Waals surface area contributed by atoms with Crippen molar-refractivity contribution in [3.63, 3.8) is 0 Å². The fourth-order valence-corrected chi connectivity index (χ4v) is 3.93. The lowest BCUT2D eigenvalue weighted by atomic mass is 10.0. The second-order valence-corrected chi connectivity index (χ2v) is 7.14. The van der Waals surface area contributed by atoms with Crippen LogP contribution in [0.15, 0.2) is 60.8 Å². The number of halogens is 1. The van der Waals surface area contributed by atoms with E-state index in [1.54, 1.807) is 18.3 Å². The minimum Gasteiger partial charge on any atom is -0.270 e. The van der Waals surface area contributed by atoms with E-state index >= 15 is 0 Å². The largest absolute Gasteiger partial charge is 0.270 e. The second kappa shape index (κ2) is 6.90. The molecule has 28 heavy (non-hydrogen) atoms. The second-order valence-electron chi connectivity index (χ2n) is 6.75. The summed E-state index contributed by atoms with van der Waals surface area (Å²) in [4.78, 5) is 4.43. The van der Waals surface area contributed by atoms with Gasteiger partial charge in [-0.1, -0.05) is 18.2 Å². The molecule has 1 aliphatic heterocycles. The zero-order chi connectivity index (χ0) is 19.1. The molecule has 0 radical (unpaired) electrons. The van der Waals surface area contributed by atoms with E-state index in [0.717, 1.165) is 34.4 Å². The molecule has 6 nitrogen and oxygen atoms in total. The summed E-state index contributed by atoms with van der Waals surface area (Å²) in [5.74, 6) is 0.551. The number of H-pyrrole nitrogens is 1. The summed E-state index contributed by atoms with van der Waals surface area (Å²) in [6.07, 6.45) is 2.53. The quantitative estimate of drug-likeness (QED) is 0.462. The van der Waals surface area contributed by atoms with E-state index in [1.165, 1.54) is 12.1 Å². The third kappa shape index (κ3) is 2.91. The van der Waals surface area contributed by atoms with Crippen molar-refractivity contribution >= 4 is 23.1 Å². The molecular weight excluding hydrogens is 375 g/mol. The number of aromatic nitrogens is 4. The number of pyridine rings is 1. The molecule has 0 bridgehead atoms. The van der Waals surface area contributed by atoms with E-state index < -0.39 is 0 Å². The van der Waals surface area contributed by atoms with Crippen molar-refractivity contribution in [2.45, 2.75) is 18.5 Å². The van der Waals surface area contributed by atoms with E-state index in [9.17, 15) is 4.39 Å². The summed E-state index contributed by atoms with van der Waals surface area (Å²) in [7, 11) is 0. The summed E-state index contributed by atoms with van der Waals surface area (Å²) in [5, 5.41) is 8.41. The lowest BCUT2D eigenvalue weighted by Crippen LogP contribution is -2.28. The van der Waals surface area contributed by atoms with Crippen molar-refractivity contribution < 1.29 is 4.39 Å². The number of hydrogen-bond acceptors (Lipinski definition) is 5. The van der Waals surface area contributed by atoms with Gasteiger partial charge in [0.1, 0.15) is 5.82 Å². The van der Waals surface area contributed by atoms with Gasteiger partial charge in [0, 0.05) is 17.6 Å². The van der Waals surface area contributed by atoms with Gasteiger partial charge in [0.2, 0.25) is 0 Å². The average molecular weight is 392 g/mol. The Morgan fingerprint density at radius 3 is 2.68 bits per heavy atom. The molecule has 2 aromatic heterocycles. The summed E-state index contributed by atoms with van der Waals surface area (Å²) >= 11 is 5.53. The van der Waals surface area contributed by atoms with Crippen molar-refractivity contribution in [2.75, 3.05) is 0 Å². The van der Waals surface area contributed by atoms with Crippen molar-refractivity contribution in [3.8, 4) is 5.69 Å². The van der Waals surface area contributed by atoms with Crippen LogP contribution in [-0.2, 0) is 0 Å². The van der Waals surface area contributed by atoms with Crippen molar-refractivity contribution in [1.82, 2.24) is 30.6 Å². The molecule has 140 valence electrons. The van der Waals surface area contributed by atoms with Crippen LogP contribution in [0.25, 0.3) is 16.6 Å². The van der Waals surface area contributed by atoms with Crippen molar-refractivity contribution in [3.05, 3.63) is 82.8 Å².